The molecule has 2 atom stereocenters. The normalized spacial score (nSPS) is 22.0. The highest BCUT2D eigenvalue weighted by atomic mass is 16.4. The van der Waals surface area contributed by atoms with Gasteiger partial charge in [0, 0.05) is 19.5 Å². The van der Waals surface area contributed by atoms with Crippen LogP contribution in [0, 0.1) is 11.8 Å². The third kappa shape index (κ3) is 4.54. The second-order valence-corrected chi connectivity index (χ2v) is 5.09. The first kappa shape index (κ1) is 15.5. The number of hydrogen-bond acceptors (Lipinski definition) is 3. The van der Waals surface area contributed by atoms with Crippen LogP contribution in [-0.4, -0.2) is 47.9 Å². The first-order valence-electron chi connectivity index (χ1n) is 6.70. The van der Waals surface area contributed by atoms with E-state index < -0.39 is 11.9 Å². The lowest BCUT2D eigenvalue weighted by Crippen LogP contribution is -2.40. The van der Waals surface area contributed by atoms with E-state index in [2.05, 4.69) is 5.32 Å². The molecule has 108 valence electrons. The smallest absolute Gasteiger partial charge is 0.306 e. The molecule has 1 saturated carbocycles. The van der Waals surface area contributed by atoms with Crippen LogP contribution in [0.15, 0.2) is 0 Å². The summed E-state index contributed by atoms with van der Waals surface area (Å²) in [6, 6.07) is 0. The molecule has 0 spiro atoms. The summed E-state index contributed by atoms with van der Waals surface area (Å²) in [7, 11) is 1.59. The summed E-state index contributed by atoms with van der Waals surface area (Å²) in [5.74, 6) is -1.82. The summed E-state index contributed by atoms with van der Waals surface area (Å²) in [6.07, 6.45) is 2.37. The van der Waals surface area contributed by atoms with Gasteiger partial charge in [-0.3, -0.25) is 14.4 Å². The van der Waals surface area contributed by atoms with Crippen LogP contribution in [0.5, 0.6) is 0 Å². The minimum absolute atomic E-state index is 0.0348. The van der Waals surface area contributed by atoms with Gasteiger partial charge in [-0.05, 0) is 25.7 Å². The van der Waals surface area contributed by atoms with Gasteiger partial charge in [0.25, 0.3) is 0 Å². The lowest BCUT2D eigenvalue weighted by Gasteiger charge is -2.20. The quantitative estimate of drug-likeness (QED) is 0.734. The molecule has 2 unspecified atom stereocenters. The van der Waals surface area contributed by atoms with E-state index in [4.69, 9.17) is 5.11 Å². The molecule has 6 heteroatoms. The number of amides is 2. The lowest BCUT2D eigenvalue weighted by molar-refractivity contribution is -0.142. The Morgan fingerprint density at radius 1 is 1.26 bits per heavy atom. The molecular formula is C13H22N2O4. The maximum atomic E-state index is 12.1. The maximum Gasteiger partial charge on any atom is 0.306 e. The Labute approximate surface area is 113 Å². The Balaban J connectivity index is 2.41. The maximum absolute atomic E-state index is 12.1. The second kappa shape index (κ2) is 7.11. The van der Waals surface area contributed by atoms with Gasteiger partial charge in [-0.2, -0.15) is 0 Å². The van der Waals surface area contributed by atoms with Gasteiger partial charge in [0.05, 0.1) is 12.5 Å². The molecule has 0 radical (unpaired) electrons. The Bertz CT molecular complexity index is 357. The lowest BCUT2D eigenvalue weighted by atomic mass is 10.0. The molecule has 0 aromatic carbocycles. The average Bonchev–Trinajstić information content (AvgIpc) is 2.84. The molecule has 1 aliphatic carbocycles. The molecule has 1 rings (SSSR count). The fraction of sp³-hybridized carbons (Fsp3) is 0.769. The largest absolute Gasteiger partial charge is 0.481 e. The highest BCUT2D eigenvalue weighted by molar-refractivity contribution is 5.86. The molecule has 0 saturated heterocycles. The highest BCUT2D eigenvalue weighted by Gasteiger charge is 2.35. The number of hydrogen-bond donors (Lipinski definition) is 2. The van der Waals surface area contributed by atoms with Gasteiger partial charge in [-0.15, -0.1) is 0 Å². The van der Waals surface area contributed by atoms with Gasteiger partial charge in [0.15, 0.2) is 0 Å². The zero-order valence-corrected chi connectivity index (χ0v) is 11.5. The summed E-state index contributed by atoms with van der Waals surface area (Å²) in [4.78, 5) is 35.8. The Hall–Kier alpha value is -1.59. The number of carbonyl (C=O) groups is 3. The van der Waals surface area contributed by atoms with Crippen LogP contribution in [0.3, 0.4) is 0 Å². The summed E-state index contributed by atoms with van der Waals surface area (Å²) >= 11 is 0. The zero-order valence-electron chi connectivity index (χ0n) is 11.5. The van der Waals surface area contributed by atoms with Crippen LogP contribution < -0.4 is 5.32 Å². The number of likely N-dealkylation sites (N-methyl/N-ethyl adjacent to an activating group) is 1. The van der Waals surface area contributed by atoms with Gasteiger partial charge in [0.1, 0.15) is 0 Å². The fourth-order valence-corrected chi connectivity index (χ4v) is 2.36. The molecular weight excluding hydrogens is 248 g/mol. The Morgan fingerprint density at radius 2 is 1.89 bits per heavy atom. The van der Waals surface area contributed by atoms with Crippen molar-refractivity contribution in [3.05, 3.63) is 0 Å². The predicted octanol–water partition coefficient (Wildman–Crippen LogP) is 0.472. The molecule has 2 amide bonds. The summed E-state index contributed by atoms with van der Waals surface area (Å²) in [5.41, 5.74) is 0. The van der Waals surface area contributed by atoms with Gasteiger partial charge in [-0.1, -0.05) is 6.92 Å². The number of carbonyl (C=O) groups excluding carboxylic acids is 2. The minimum atomic E-state index is -0.835. The number of nitrogens with one attached hydrogen (secondary N) is 1. The monoisotopic (exact) mass is 270 g/mol. The van der Waals surface area contributed by atoms with Crippen molar-refractivity contribution in [3.63, 3.8) is 0 Å². The van der Waals surface area contributed by atoms with Crippen molar-refractivity contribution in [2.45, 2.75) is 32.6 Å². The number of nitrogens with zero attached hydrogens (tertiary/aromatic N) is 1. The van der Waals surface area contributed by atoms with Crippen LogP contribution in [0.4, 0.5) is 0 Å². The predicted molar refractivity (Wildman–Crippen MR) is 69.4 cm³/mol. The molecule has 0 aromatic rings. The number of rotatable bonds is 6. The third-order valence-corrected chi connectivity index (χ3v) is 3.46. The molecule has 1 aliphatic rings. The van der Waals surface area contributed by atoms with E-state index in [0.29, 0.717) is 25.8 Å². The van der Waals surface area contributed by atoms with E-state index in [1.165, 1.54) is 4.90 Å². The highest BCUT2D eigenvalue weighted by Crippen LogP contribution is 2.32. The van der Waals surface area contributed by atoms with Crippen LogP contribution in [0.2, 0.25) is 0 Å². The van der Waals surface area contributed by atoms with Crippen LogP contribution in [0.1, 0.15) is 32.6 Å². The van der Waals surface area contributed by atoms with Crippen LogP contribution in [-0.2, 0) is 14.4 Å². The van der Waals surface area contributed by atoms with Crippen molar-refractivity contribution in [2.75, 3.05) is 20.1 Å². The average molecular weight is 270 g/mol. The number of carboxylic acid groups (broad SMARTS) is 1. The van der Waals surface area contributed by atoms with Crippen molar-refractivity contribution < 1.29 is 19.5 Å². The molecule has 1 fully saturated rings. The minimum Gasteiger partial charge on any atom is -0.481 e. The van der Waals surface area contributed by atoms with Crippen molar-refractivity contribution in [1.29, 1.82) is 0 Å². The van der Waals surface area contributed by atoms with Crippen molar-refractivity contribution >= 4 is 17.8 Å². The van der Waals surface area contributed by atoms with Crippen LogP contribution in [0.25, 0.3) is 0 Å². The van der Waals surface area contributed by atoms with E-state index in [1.807, 2.05) is 6.92 Å². The van der Waals surface area contributed by atoms with E-state index in [9.17, 15) is 14.4 Å². The molecule has 6 nitrogen and oxygen atoms in total. The van der Waals surface area contributed by atoms with Crippen molar-refractivity contribution in [3.8, 4) is 0 Å². The summed E-state index contributed by atoms with van der Waals surface area (Å²) < 4.78 is 0. The van der Waals surface area contributed by atoms with Crippen molar-refractivity contribution in [2.24, 2.45) is 11.8 Å². The number of carboxylic acids is 1. The van der Waals surface area contributed by atoms with Crippen molar-refractivity contribution in [1.82, 2.24) is 10.2 Å². The topological polar surface area (TPSA) is 86.7 Å². The Morgan fingerprint density at radius 3 is 2.42 bits per heavy atom. The third-order valence-electron chi connectivity index (χ3n) is 3.46. The van der Waals surface area contributed by atoms with Gasteiger partial charge in [0.2, 0.25) is 11.8 Å². The van der Waals surface area contributed by atoms with Gasteiger partial charge in [-0.25, -0.2) is 0 Å². The van der Waals surface area contributed by atoms with E-state index in [0.717, 1.165) is 6.42 Å². The van der Waals surface area contributed by atoms with E-state index >= 15 is 0 Å². The standard InChI is InChI=1S/C13H22N2O4/c1-3-6-14-11(16)8-15(2)12(17)9-4-5-10(7-9)13(18)19/h9-10H,3-8H2,1-2H3,(H,14,16)(H,18,19). The summed E-state index contributed by atoms with van der Waals surface area (Å²) in [5, 5.41) is 11.6. The van der Waals surface area contributed by atoms with Gasteiger partial charge < -0.3 is 15.3 Å². The molecule has 0 heterocycles. The molecule has 19 heavy (non-hydrogen) atoms. The van der Waals surface area contributed by atoms with Crippen LogP contribution >= 0.6 is 0 Å². The zero-order chi connectivity index (χ0) is 14.4. The summed E-state index contributed by atoms with van der Waals surface area (Å²) in [6.45, 7) is 2.60. The Kier molecular flexibility index (Phi) is 5.79. The SMILES string of the molecule is CCCNC(=O)CN(C)C(=O)C1CCC(C(=O)O)C1. The first-order valence-corrected chi connectivity index (χ1v) is 6.70. The van der Waals surface area contributed by atoms with Gasteiger partial charge >= 0.3 is 5.97 Å². The second-order valence-electron chi connectivity index (χ2n) is 5.09. The fourth-order valence-electron chi connectivity index (χ4n) is 2.36. The number of aliphatic carboxylic acids is 1. The van der Waals surface area contributed by atoms with E-state index in [-0.39, 0.29) is 24.3 Å². The molecule has 0 aliphatic heterocycles. The molecule has 0 aromatic heterocycles. The molecule has 2 N–H and O–H groups in total. The first-order chi connectivity index (χ1) is 8.95. The van der Waals surface area contributed by atoms with E-state index in [1.54, 1.807) is 7.05 Å². The molecule has 0 bridgehead atoms.